The summed E-state index contributed by atoms with van der Waals surface area (Å²) in [5.74, 6) is -1.21. The Morgan fingerprint density at radius 2 is 1.85 bits per heavy atom. The molecule has 2 saturated heterocycles. The molecule has 7 heteroatoms. The van der Waals surface area contributed by atoms with Crippen molar-refractivity contribution in [1.29, 1.82) is 0 Å². The number of benzene rings is 1. The summed E-state index contributed by atoms with van der Waals surface area (Å²) in [5, 5.41) is 19.2. The molecule has 0 unspecified atom stereocenters. The van der Waals surface area contributed by atoms with Gasteiger partial charge < -0.3 is 20.0 Å². The Bertz CT molecular complexity index is 728. The number of aliphatic carboxylic acids is 1. The van der Waals surface area contributed by atoms with Crippen molar-refractivity contribution in [2.45, 2.75) is 39.2 Å². The van der Waals surface area contributed by atoms with Crippen LogP contribution < -0.4 is 0 Å². The largest absolute Gasteiger partial charge is 0.508 e. The first kappa shape index (κ1) is 18.2. The van der Waals surface area contributed by atoms with E-state index < -0.39 is 12.0 Å². The van der Waals surface area contributed by atoms with Crippen LogP contribution in [0.1, 0.15) is 42.1 Å². The molecule has 2 N–H and O–H groups in total. The van der Waals surface area contributed by atoms with E-state index in [4.69, 9.17) is 0 Å². The molecule has 7 nitrogen and oxygen atoms in total. The number of aromatic hydroxyl groups is 1. The first-order chi connectivity index (χ1) is 12.2. The first-order valence-electron chi connectivity index (χ1n) is 8.82. The maximum Gasteiger partial charge on any atom is 0.326 e. The normalized spacial score (nSPS) is 21.8. The highest BCUT2D eigenvalue weighted by Crippen LogP contribution is 2.43. The highest BCUT2D eigenvalue weighted by atomic mass is 16.4. The molecule has 2 amide bonds. The summed E-state index contributed by atoms with van der Waals surface area (Å²) in [6.07, 6.45) is 1.78. The maximum atomic E-state index is 12.8. The molecule has 140 valence electrons. The lowest BCUT2D eigenvalue weighted by Gasteiger charge is -2.39. The SMILES string of the molecule is CC(=O)N1CC2(CCN(C(=O)c3cccc(O)c3C)CC2)C[C@H]1C(=O)O. The molecule has 1 spiro atoms. The maximum absolute atomic E-state index is 12.8. The predicted octanol–water partition coefficient (Wildman–Crippen LogP) is 1.63. The summed E-state index contributed by atoms with van der Waals surface area (Å²) >= 11 is 0. The van der Waals surface area contributed by atoms with E-state index in [1.807, 2.05) is 0 Å². The second-order valence-corrected chi connectivity index (χ2v) is 7.45. The van der Waals surface area contributed by atoms with Crippen molar-refractivity contribution in [2.75, 3.05) is 19.6 Å². The Labute approximate surface area is 152 Å². The van der Waals surface area contributed by atoms with Gasteiger partial charge in [-0.05, 0) is 43.7 Å². The van der Waals surface area contributed by atoms with Gasteiger partial charge in [0, 0.05) is 37.7 Å². The van der Waals surface area contributed by atoms with E-state index >= 15 is 0 Å². The number of piperidine rings is 1. The van der Waals surface area contributed by atoms with E-state index in [0.29, 0.717) is 50.0 Å². The zero-order chi connectivity index (χ0) is 19.1. The summed E-state index contributed by atoms with van der Waals surface area (Å²) < 4.78 is 0. The minimum atomic E-state index is -0.967. The van der Waals surface area contributed by atoms with Gasteiger partial charge in [0.05, 0.1) is 0 Å². The third-order valence-corrected chi connectivity index (χ3v) is 5.84. The van der Waals surface area contributed by atoms with Gasteiger partial charge in [0.1, 0.15) is 11.8 Å². The van der Waals surface area contributed by atoms with Crippen molar-refractivity contribution >= 4 is 17.8 Å². The lowest BCUT2D eigenvalue weighted by atomic mass is 9.76. The number of carbonyl (C=O) groups is 3. The van der Waals surface area contributed by atoms with Gasteiger partial charge in [-0.1, -0.05) is 6.07 Å². The van der Waals surface area contributed by atoms with Crippen molar-refractivity contribution < 1.29 is 24.6 Å². The van der Waals surface area contributed by atoms with Crippen LogP contribution in [0.5, 0.6) is 5.75 Å². The van der Waals surface area contributed by atoms with Crippen LogP contribution in [0.25, 0.3) is 0 Å². The van der Waals surface area contributed by atoms with E-state index in [-0.39, 0.29) is 23.0 Å². The number of nitrogens with zero attached hydrogens (tertiary/aromatic N) is 2. The van der Waals surface area contributed by atoms with Crippen LogP contribution in [0, 0.1) is 12.3 Å². The molecular formula is C19H24N2O5. The summed E-state index contributed by atoms with van der Waals surface area (Å²) in [4.78, 5) is 39.2. The molecule has 0 aromatic heterocycles. The van der Waals surface area contributed by atoms with Gasteiger partial charge >= 0.3 is 5.97 Å². The number of amides is 2. The number of likely N-dealkylation sites (tertiary alicyclic amines) is 2. The zero-order valence-electron chi connectivity index (χ0n) is 15.1. The van der Waals surface area contributed by atoms with Crippen LogP contribution in [0.2, 0.25) is 0 Å². The Hall–Kier alpha value is -2.57. The fourth-order valence-corrected chi connectivity index (χ4v) is 4.18. The molecule has 1 aromatic carbocycles. The van der Waals surface area contributed by atoms with Crippen molar-refractivity contribution in [3.63, 3.8) is 0 Å². The van der Waals surface area contributed by atoms with E-state index in [2.05, 4.69) is 0 Å². The van der Waals surface area contributed by atoms with Crippen LogP contribution in [0.4, 0.5) is 0 Å². The molecule has 2 fully saturated rings. The Morgan fingerprint density at radius 3 is 2.38 bits per heavy atom. The topological polar surface area (TPSA) is 98.2 Å². The lowest BCUT2D eigenvalue weighted by Crippen LogP contribution is -2.44. The monoisotopic (exact) mass is 360 g/mol. The number of rotatable bonds is 2. The van der Waals surface area contributed by atoms with Crippen molar-refractivity contribution in [3.8, 4) is 5.75 Å². The van der Waals surface area contributed by atoms with Gasteiger partial charge in [-0.25, -0.2) is 4.79 Å². The van der Waals surface area contributed by atoms with Crippen molar-refractivity contribution in [1.82, 2.24) is 9.80 Å². The second kappa shape index (κ2) is 6.63. The highest BCUT2D eigenvalue weighted by molar-refractivity contribution is 5.96. The van der Waals surface area contributed by atoms with Gasteiger partial charge in [0.2, 0.25) is 5.91 Å². The second-order valence-electron chi connectivity index (χ2n) is 7.45. The lowest BCUT2D eigenvalue weighted by molar-refractivity contribution is -0.147. The number of phenolic OH excluding ortho intramolecular Hbond substituents is 1. The Morgan fingerprint density at radius 1 is 1.19 bits per heavy atom. The Balaban J connectivity index is 1.71. The van der Waals surface area contributed by atoms with Crippen LogP contribution in [0.3, 0.4) is 0 Å². The number of carboxylic acid groups (broad SMARTS) is 1. The minimum Gasteiger partial charge on any atom is -0.508 e. The van der Waals surface area contributed by atoms with Gasteiger partial charge in [-0.15, -0.1) is 0 Å². The molecule has 0 aliphatic carbocycles. The van der Waals surface area contributed by atoms with E-state index in [1.165, 1.54) is 11.8 Å². The van der Waals surface area contributed by atoms with Gasteiger partial charge in [-0.2, -0.15) is 0 Å². The third-order valence-electron chi connectivity index (χ3n) is 5.84. The molecule has 0 saturated carbocycles. The molecule has 3 rings (SSSR count). The smallest absolute Gasteiger partial charge is 0.326 e. The third kappa shape index (κ3) is 3.13. The quantitative estimate of drug-likeness (QED) is 0.835. The number of carboxylic acids is 1. The number of carbonyl (C=O) groups excluding carboxylic acids is 2. The molecule has 2 aliphatic rings. The number of phenols is 1. The summed E-state index contributed by atoms with van der Waals surface area (Å²) in [5.41, 5.74) is 0.813. The standard InChI is InChI=1S/C19H24N2O5/c1-12-14(4-3-5-16(12)23)17(24)20-8-6-19(7-9-20)10-15(18(25)26)21(11-19)13(2)22/h3-5,15,23H,6-11H2,1-2H3,(H,25,26)/t15-/m0/s1. The predicted molar refractivity (Wildman–Crippen MR) is 93.8 cm³/mol. The van der Waals surface area contributed by atoms with Crippen LogP contribution in [-0.4, -0.2) is 63.5 Å². The van der Waals surface area contributed by atoms with Gasteiger partial charge in [0.15, 0.2) is 0 Å². The number of hydrogen-bond donors (Lipinski definition) is 2. The summed E-state index contributed by atoms with van der Waals surface area (Å²) in [6.45, 7) is 4.59. The van der Waals surface area contributed by atoms with E-state index in [9.17, 15) is 24.6 Å². The highest BCUT2D eigenvalue weighted by Gasteiger charge is 2.49. The minimum absolute atomic E-state index is 0.0986. The molecule has 2 aliphatic heterocycles. The van der Waals surface area contributed by atoms with Crippen molar-refractivity contribution in [2.24, 2.45) is 5.41 Å². The van der Waals surface area contributed by atoms with E-state index in [0.717, 1.165) is 0 Å². The van der Waals surface area contributed by atoms with Crippen LogP contribution in [-0.2, 0) is 9.59 Å². The summed E-state index contributed by atoms with van der Waals surface area (Å²) in [7, 11) is 0. The average Bonchev–Trinajstić information content (AvgIpc) is 2.97. The van der Waals surface area contributed by atoms with E-state index in [1.54, 1.807) is 30.0 Å². The molecule has 26 heavy (non-hydrogen) atoms. The van der Waals surface area contributed by atoms with Gasteiger partial charge in [0.25, 0.3) is 5.91 Å². The molecule has 2 heterocycles. The molecule has 1 atom stereocenters. The van der Waals surface area contributed by atoms with Crippen LogP contribution >= 0.6 is 0 Å². The first-order valence-corrected chi connectivity index (χ1v) is 8.82. The van der Waals surface area contributed by atoms with Crippen LogP contribution in [0.15, 0.2) is 18.2 Å². The molecule has 1 aromatic rings. The zero-order valence-corrected chi connectivity index (χ0v) is 15.1. The fourth-order valence-electron chi connectivity index (χ4n) is 4.18. The molecule has 0 bridgehead atoms. The van der Waals surface area contributed by atoms with Gasteiger partial charge in [-0.3, -0.25) is 9.59 Å². The fraction of sp³-hybridized carbons (Fsp3) is 0.526. The molecule has 0 radical (unpaired) electrons. The number of hydrogen-bond acceptors (Lipinski definition) is 4. The molecular weight excluding hydrogens is 336 g/mol. The summed E-state index contributed by atoms with van der Waals surface area (Å²) in [6, 6.07) is 4.14. The van der Waals surface area contributed by atoms with Crippen molar-refractivity contribution in [3.05, 3.63) is 29.3 Å². The average molecular weight is 360 g/mol. The Kier molecular flexibility index (Phi) is 4.64.